The van der Waals surface area contributed by atoms with Gasteiger partial charge in [0.1, 0.15) is 69.2 Å². The molecule has 3 aromatic carbocycles. The van der Waals surface area contributed by atoms with Crippen LogP contribution in [0.4, 0.5) is 19.2 Å². The van der Waals surface area contributed by atoms with Crippen molar-refractivity contribution in [2.24, 2.45) is 23.5 Å². The van der Waals surface area contributed by atoms with Gasteiger partial charge < -0.3 is 74.9 Å². The van der Waals surface area contributed by atoms with Crippen LogP contribution in [0.5, 0.6) is 0 Å². The molecule has 773 valence electrons. The molecule has 3 aliphatic carbocycles. The summed E-state index contributed by atoms with van der Waals surface area (Å²) in [5.41, 5.74) is 2.13. The summed E-state index contributed by atoms with van der Waals surface area (Å²) >= 11 is 0. The van der Waals surface area contributed by atoms with Gasteiger partial charge in [0.15, 0.2) is 0 Å². The fourth-order valence-corrected chi connectivity index (χ4v) is 15.8. The normalized spacial score (nSPS) is 22.0. The molecule has 3 saturated carbocycles. The van der Waals surface area contributed by atoms with Crippen molar-refractivity contribution in [2.75, 3.05) is 46.6 Å². The van der Waals surface area contributed by atoms with Gasteiger partial charge in [-0.25, -0.2) is 38.4 Å². The number of hydrogen-bond donors (Lipinski definition) is 6. The molecule has 7 N–H and O–H groups in total. The number of nitrogens with two attached hydrogens (primary N) is 1. The number of ether oxygens (including phenoxy) is 8. The van der Waals surface area contributed by atoms with Crippen LogP contribution in [-0.2, 0) is 76.3 Å². The van der Waals surface area contributed by atoms with E-state index in [0.717, 1.165) is 61.6 Å². The van der Waals surface area contributed by atoms with Crippen molar-refractivity contribution in [1.29, 1.82) is 0 Å². The van der Waals surface area contributed by atoms with Gasteiger partial charge in [0.05, 0.1) is 45.1 Å². The Morgan fingerprint density at radius 3 is 1.11 bits per heavy atom. The molecular weight excluding hydrogens is 1850 g/mol. The molecule has 43 heteroatoms. The van der Waals surface area contributed by atoms with Crippen LogP contribution in [0.2, 0.25) is 0 Å². The summed E-state index contributed by atoms with van der Waals surface area (Å²) < 4.78 is 41.6. The first-order chi connectivity index (χ1) is 66.2. The first-order valence-electron chi connectivity index (χ1n) is 47.4. The Morgan fingerprint density at radius 2 is 0.789 bits per heavy atom. The van der Waals surface area contributed by atoms with Crippen LogP contribution in [0.15, 0.2) is 154 Å². The summed E-state index contributed by atoms with van der Waals surface area (Å²) in [5.74, 6) is -3.37. The monoisotopic (exact) mass is 1990 g/mol. The van der Waals surface area contributed by atoms with Gasteiger partial charge in [0.25, 0.3) is 0 Å². The number of unbranched alkanes of at least 4 members (excludes halogenated alkanes) is 6. The maximum Gasteiger partial charge on any atom is 0.411 e. The van der Waals surface area contributed by atoms with Crippen LogP contribution < -0.4 is 27.0 Å². The maximum atomic E-state index is 14.3. The van der Waals surface area contributed by atoms with Crippen molar-refractivity contribution in [3.05, 3.63) is 154 Å². The molecular formula is C99H141BClN20O21. The number of nitrogens with zero attached hydrogens (tertiary/aromatic N) is 15. The minimum absolute atomic E-state index is 0. The van der Waals surface area contributed by atoms with E-state index in [9.17, 15) is 57.5 Å². The maximum absolute atomic E-state index is 14.3. The van der Waals surface area contributed by atoms with E-state index >= 15 is 0 Å². The lowest BCUT2D eigenvalue weighted by Crippen LogP contribution is -2.56. The summed E-state index contributed by atoms with van der Waals surface area (Å²) in [6.45, 7) is 45.9. The van der Waals surface area contributed by atoms with Crippen LogP contribution in [0.1, 0.15) is 225 Å². The summed E-state index contributed by atoms with van der Waals surface area (Å²) in [6.07, 6.45) is 15.8. The Morgan fingerprint density at radius 1 is 0.458 bits per heavy atom. The number of esters is 4. The van der Waals surface area contributed by atoms with Crippen LogP contribution in [0, 0.1) is 17.8 Å². The molecule has 142 heavy (non-hydrogen) atoms. The number of carboxylic acids is 1. The highest BCUT2D eigenvalue weighted by Gasteiger charge is 2.64. The lowest BCUT2D eigenvalue weighted by Gasteiger charge is -2.30. The van der Waals surface area contributed by atoms with Crippen LogP contribution in [0.3, 0.4) is 0 Å². The standard InChI is InChI=1S/C34H47N7O6.C25H32N6O5.C18H23N5O4.C14H25NO4.C8H13NO2.B.ClH/c1-7-10-11-12-16-19-26(35-32(45)47-33(4,5)6)30(43)40-22-25(41-38-28(37-39-41)23-17-14-13-15-18-23)20-27(40)29(42)36-34(21-24(34)8-2)31(44)46-9-3;1-6-17-14-25(17,22(33)35-7-2)26-21(32)19-13-18(15-30(19)23(34)36-24(3,4)5)31-28-20(27-29-31)16-11-9-8-10-12-16;1-18(2,3)27-17(25)22-11-13(10-14(22)16(24)26-4)23-20-15(19-21-23)12-8-6-5-7-9-12;1-5-6-7-8-9-10-11(12(16)17)15-13(18)19-14(2,3)4;1-3-6-5-8(6,9)7(10)11-4-2;;/h7-8,13-15,17-18,24-27H,1-2,9-12,16,19-22H2,3-6H3,(H,35,45)(H,36,42);6,8-12,17-19H,1,7,13-15H2,2-5H3,(H,26,32);5-9,13-14H,10-11H2,1-4H3;5,11H,1,6-10H2,2-4H3,(H,15,18)(H,16,17);3,6H,1,4-5,9H2,2H3;;1H/t24-,25-,26+,27+,34-;17-,18-,19+,25-;13-,14+;;6-,8-;;/m111.1../s1. The molecule has 6 aromatic rings. The molecule has 41 nitrogen and oxygen atoms in total. The number of aromatic nitrogens is 12. The number of allylic oxidation sites excluding steroid dienone is 2. The topological polar surface area (TPSA) is 514 Å². The Bertz CT molecular complexity index is 5260. The van der Waals surface area contributed by atoms with Gasteiger partial charge in [-0.3, -0.25) is 29.0 Å². The molecule has 1 unspecified atom stereocenters. The van der Waals surface area contributed by atoms with Crippen LogP contribution in [0.25, 0.3) is 34.2 Å². The molecule has 3 radical (unpaired) electrons. The zero-order valence-electron chi connectivity index (χ0n) is 84.4. The fourth-order valence-electron chi connectivity index (χ4n) is 15.8. The van der Waals surface area contributed by atoms with Crippen molar-refractivity contribution in [2.45, 2.75) is 294 Å². The van der Waals surface area contributed by atoms with E-state index in [2.05, 4.69) is 100 Å². The van der Waals surface area contributed by atoms with Crippen molar-refractivity contribution < 1.29 is 101 Å². The van der Waals surface area contributed by atoms with Crippen LogP contribution in [-0.4, -0.2) is 277 Å². The molecule has 3 saturated heterocycles. The number of carbonyl (C=O) groups excluding carboxylic acids is 11. The summed E-state index contributed by atoms with van der Waals surface area (Å²) in [6, 6.07) is 22.6. The molecule has 3 aromatic heterocycles. The number of benzene rings is 3. The number of hydrogen-bond acceptors (Lipinski definition) is 30. The highest BCUT2D eigenvalue weighted by molar-refractivity contribution is 5.97. The van der Waals surface area contributed by atoms with Crippen molar-refractivity contribution in [3.8, 4) is 34.2 Å². The quantitative estimate of drug-likeness (QED) is 0.00699. The molecule has 6 fully saturated rings. The second-order valence-corrected chi connectivity index (χ2v) is 38.7. The molecule has 0 spiro atoms. The second-order valence-electron chi connectivity index (χ2n) is 38.7. The number of aliphatic carboxylic acids is 1. The van der Waals surface area contributed by atoms with E-state index in [4.69, 9.17) is 48.7 Å². The van der Waals surface area contributed by atoms with E-state index in [0.29, 0.717) is 69.0 Å². The summed E-state index contributed by atoms with van der Waals surface area (Å²) in [5, 5.41) is 58.3. The first-order valence-corrected chi connectivity index (χ1v) is 47.4. The Hall–Kier alpha value is -13.3. The SMILES string of the molecule is C=CCCCCCC(NC(=O)OC(C)(C)C)C(=O)O.C=CCCCCC[C@H](NC(=O)OC(C)(C)C)C(=O)N1C[C@H](n2nnc(-c3ccccc3)n2)C[C@H]1C(=O)N[C@]1(C(=O)OCC)C[C@H]1C=C.C=C[C@@H]1C[C@]1(N)C(=O)OCC.C=C[C@@H]1C[C@]1(NC(=O)[C@@H]1C[C@@H](n2nnc(-c3ccccc3)n2)CN1C(=O)OC(C)(C)C)C(=O)OCC.COC(=O)[C@@H]1C[C@@H](n2nnc(-c3ccccc3)n2)CN1C(=O)OC(C)(C)C.Cl.[B]. The average Bonchev–Trinajstić information content (AvgIpc) is 1.57. The van der Waals surface area contributed by atoms with Crippen LogP contribution >= 0.6 is 12.4 Å². The smallest absolute Gasteiger partial charge is 0.411 e. The third-order valence-electron chi connectivity index (χ3n) is 23.2. The number of carbonyl (C=O) groups is 12. The third-order valence-corrected chi connectivity index (χ3v) is 23.2. The van der Waals surface area contributed by atoms with Gasteiger partial charge in [0, 0.05) is 81.8 Å². The minimum atomic E-state index is -1.24. The largest absolute Gasteiger partial charge is 0.480 e. The molecule has 3 aliphatic heterocycles. The highest BCUT2D eigenvalue weighted by atomic mass is 35.5. The zero-order valence-corrected chi connectivity index (χ0v) is 85.2. The summed E-state index contributed by atoms with van der Waals surface area (Å²) in [4.78, 5) is 160. The Labute approximate surface area is 838 Å². The summed E-state index contributed by atoms with van der Waals surface area (Å²) in [7, 11) is 1.30. The van der Waals surface area contributed by atoms with E-state index in [1.807, 2.05) is 103 Å². The second kappa shape index (κ2) is 53.0. The van der Waals surface area contributed by atoms with E-state index in [-0.39, 0.29) is 96.3 Å². The third kappa shape index (κ3) is 33.7. The van der Waals surface area contributed by atoms with Gasteiger partial charge in [0.2, 0.25) is 35.2 Å². The van der Waals surface area contributed by atoms with Crippen molar-refractivity contribution in [1.82, 2.24) is 96.6 Å². The Balaban J connectivity index is 0.000000289. The van der Waals surface area contributed by atoms with Gasteiger partial charge in [-0.1, -0.05) is 147 Å². The molecule has 12 rings (SSSR count). The highest BCUT2D eigenvalue weighted by Crippen LogP contribution is 2.48. The van der Waals surface area contributed by atoms with E-state index < -0.39 is 147 Å². The molecule has 6 heterocycles. The number of carboxylic acid groups (broad SMARTS) is 1. The van der Waals surface area contributed by atoms with E-state index in [1.165, 1.54) is 36.2 Å². The number of methoxy groups -OCH3 is 1. The number of likely N-dealkylation sites (tertiary alicyclic amines) is 3. The van der Waals surface area contributed by atoms with Gasteiger partial charge >= 0.3 is 54.2 Å². The minimum Gasteiger partial charge on any atom is -0.480 e. The number of tetrazole rings is 3. The molecule has 6 aliphatic rings. The van der Waals surface area contributed by atoms with Crippen molar-refractivity contribution in [3.63, 3.8) is 0 Å². The molecule has 0 bridgehead atoms. The number of nitrogens with one attached hydrogen (secondary N) is 4. The lowest BCUT2D eigenvalue weighted by molar-refractivity contribution is -0.150. The Kier molecular flexibility index (Phi) is 43.8. The number of alkyl carbamates (subject to hydrolysis) is 2. The van der Waals surface area contributed by atoms with Gasteiger partial charge in [-0.2, -0.15) is 14.4 Å². The van der Waals surface area contributed by atoms with Crippen molar-refractivity contribution >= 4 is 92.8 Å². The number of rotatable bonds is 36. The fraction of sp³-hybridized carbons (Fsp3) is 0.566. The predicted octanol–water partition coefficient (Wildman–Crippen LogP) is 12.3. The first kappa shape index (κ1) is 117. The average molecular weight is 1990 g/mol. The number of amides is 7. The molecule has 14 atom stereocenters. The lowest BCUT2D eigenvalue weighted by atomic mass is 10.0. The zero-order chi connectivity index (χ0) is 103. The van der Waals surface area contributed by atoms with E-state index in [1.54, 1.807) is 122 Å². The molecule has 7 amide bonds. The van der Waals surface area contributed by atoms with Gasteiger partial charge in [-0.15, -0.1) is 75.9 Å². The van der Waals surface area contributed by atoms with Gasteiger partial charge in [-0.05, 0) is 177 Å². The predicted molar refractivity (Wildman–Crippen MR) is 529 cm³/mol. The number of halogens is 1.